The Morgan fingerprint density at radius 2 is 1.88 bits per heavy atom. The van der Waals surface area contributed by atoms with Gasteiger partial charge in [0.25, 0.3) is 5.91 Å². The minimum absolute atomic E-state index is 0.102. The number of hydrogen-bond acceptors (Lipinski definition) is 6. The molecule has 5 rings (SSSR count). The molecule has 3 aliphatic rings. The number of nitrogens with zero attached hydrogens (tertiary/aromatic N) is 1. The Morgan fingerprint density at radius 3 is 2.64 bits per heavy atom. The van der Waals surface area contributed by atoms with Crippen LogP contribution in [0.2, 0.25) is 0 Å². The number of carbonyl (C=O) groups excluding carboxylic acids is 2. The molecule has 7 heteroatoms. The van der Waals surface area contributed by atoms with Crippen molar-refractivity contribution < 1.29 is 23.5 Å². The maximum atomic E-state index is 13.3. The molecule has 1 saturated carbocycles. The van der Waals surface area contributed by atoms with Crippen LogP contribution in [0.1, 0.15) is 77.8 Å². The van der Waals surface area contributed by atoms with Gasteiger partial charge in [0.05, 0.1) is 25.2 Å². The van der Waals surface area contributed by atoms with E-state index in [1.807, 2.05) is 19.1 Å². The Labute approximate surface area is 194 Å². The van der Waals surface area contributed by atoms with Crippen LogP contribution in [0, 0.1) is 6.92 Å². The summed E-state index contributed by atoms with van der Waals surface area (Å²) in [4.78, 5) is 28.6. The molecule has 2 fully saturated rings. The molecule has 33 heavy (non-hydrogen) atoms. The zero-order valence-corrected chi connectivity index (χ0v) is 19.5. The van der Waals surface area contributed by atoms with E-state index in [2.05, 4.69) is 10.2 Å². The van der Waals surface area contributed by atoms with Gasteiger partial charge >= 0.3 is 0 Å². The highest BCUT2D eigenvalue weighted by atomic mass is 16.5. The van der Waals surface area contributed by atoms with Crippen LogP contribution < -0.4 is 10.1 Å². The molecule has 0 unspecified atom stereocenters. The zero-order chi connectivity index (χ0) is 22.8. The quantitative estimate of drug-likeness (QED) is 0.681. The first-order valence-corrected chi connectivity index (χ1v) is 12.4. The van der Waals surface area contributed by atoms with Crippen molar-refractivity contribution in [3.05, 3.63) is 29.0 Å². The molecule has 1 aliphatic carbocycles. The summed E-state index contributed by atoms with van der Waals surface area (Å²) in [6, 6.07) is 3.67. The molecule has 2 aliphatic heterocycles. The van der Waals surface area contributed by atoms with E-state index in [4.69, 9.17) is 13.9 Å². The van der Waals surface area contributed by atoms with Crippen molar-refractivity contribution in [2.75, 3.05) is 39.4 Å². The fourth-order valence-electron chi connectivity index (χ4n) is 5.61. The van der Waals surface area contributed by atoms with Gasteiger partial charge in [0.1, 0.15) is 16.9 Å². The minimum atomic E-state index is -0.368. The number of rotatable bonds is 5. The number of benzene rings is 1. The number of Topliss-reactive ketones (excluding diaryl/α,β-unsaturated/α-hetero) is 1. The van der Waals surface area contributed by atoms with Crippen LogP contribution >= 0.6 is 0 Å². The van der Waals surface area contributed by atoms with E-state index < -0.39 is 0 Å². The summed E-state index contributed by atoms with van der Waals surface area (Å²) in [6.07, 6.45) is 7.75. The van der Waals surface area contributed by atoms with Gasteiger partial charge in [0.2, 0.25) is 0 Å². The molecule has 7 nitrogen and oxygen atoms in total. The number of nitrogens with one attached hydrogen (secondary N) is 1. The Morgan fingerprint density at radius 1 is 1.12 bits per heavy atom. The number of ketones is 1. The molecule has 0 atom stereocenters. The molecule has 1 aromatic carbocycles. The molecule has 2 aromatic rings. The first kappa shape index (κ1) is 22.4. The van der Waals surface area contributed by atoms with Crippen LogP contribution in [-0.4, -0.2) is 61.6 Å². The fourth-order valence-corrected chi connectivity index (χ4v) is 5.61. The molecule has 1 spiro atoms. The van der Waals surface area contributed by atoms with E-state index in [1.54, 1.807) is 0 Å². The lowest BCUT2D eigenvalue weighted by Crippen LogP contribution is -2.41. The number of furan rings is 1. The van der Waals surface area contributed by atoms with Crippen molar-refractivity contribution in [2.24, 2.45) is 0 Å². The van der Waals surface area contributed by atoms with Crippen LogP contribution in [0.5, 0.6) is 5.75 Å². The Kier molecular flexibility index (Phi) is 6.43. The summed E-state index contributed by atoms with van der Waals surface area (Å²) in [5.41, 5.74) is 1.49. The minimum Gasteiger partial charge on any atom is -0.486 e. The number of aryl methyl sites for hydroxylation is 1. The van der Waals surface area contributed by atoms with Gasteiger partial charge in [0.15, 0.2) is 11.5 Å². The van der Waals surface area contributed by atoms with Crippen molar-refractivity contribution in [2.45, 2.75) is 63.9 Å². The summed E-state index contributed by atoms with van der Waals surface area (Å²) >= 11 is 0. The zero-order valence-electron chi connectivity index (χ0n) is 19.5. The number of fused-ring (bicyclic) bond motifs is 3. The van der Waals surface area contributed by atoms with Gasteiger partial charge < -0.3 is 19.2 Å². The van der Waals surface area contributed by atoms with Gasteiger partial charge in [-0.1, -0.05) is 12.8 Å². The summed E-state index contributed by atoms with van der Waals surface area (Å²) in [5.74, 6) is 0.795. The standard InChI is InChI=1S/C26H34N2O5/c1-18-22-20(32-24(18)25(30)27-11-6-12-28-13-15-31-16-14-28)7-8-21-23(22)19(29)17-26(33-21)9-4-2-3-5-10-26/h7-8H,2-6,9-17H2,1H3,(H,27,30). The predicted octanol–water partition coefficient (Wildman–Crippen LogP) is 4.25. The van der Waals surface area contributed by atoms with E-state index in [-0.39, 0.29) is 23.1 Å². The molecular weight excluding hydrogens is 420 g/mol. The molecule has 1 aromatic heterocycles. The molecule has 1 saturated heterocycles. The monoisotopic (exact) mass is 454 g/mol. The van der Waals surface area contributed by atoms with Gasteiger partial charge in [-0.3, -0.25) is 14.5 Å². The van der Waals surface area contributed by atoms with E-state index in [9.17, 15) is 9.59 Å². The van der Waals surface area contributed by atoms with Gasteiger partial charge in [-0.2, -0.15) is 0 Å². The van der Waals surface area contributed by atoms with Gasteiger partial charge in [-0.25, -0.2) is 0 Å². The Balaban J connectivity index is 1.31. The molecule has 0 radical (unpaired) electrons. The van der Waals surface area contributed by atoms with Crippen LogP contribution in [-0.2, 0) is 4.74 Å². The molecule has 3 heterocycles. The van der Waals surface area contributed by atoms with Crippen molar-refractivity contribution in [3.8, 4) is 5.75 Å². The summed E-state index contributed by atoms with van der Waals surface area (Å²) in [7, 11) is 0. The first-order valence-electron chi connectivity index (χ1n) is 12.4. The molecule has 1 amide bonds. The van der Waals surface area contributed by atoms with Crippen LogP contribution in [0.3, 0.4) is 0 Å². The average Bonchev–Trinajstić information content (AvgIpc) is 3.00. The maximum Gasteiger partial charge on any atom is 0.287 e. The van der Waals surface area contributed by atoms with Crippen LogP contribution in [0.4, 0.5) is 0 Å². The van der Waals surface area contributed by atoms with Gasteiger partial charge in [-0.05, 0) is 57.7 Å². The summed E-state index contributed by atoms with van der Waals surface area (Å²) in [6.45, 7) is 6.81. The lowest BCUT2D eigenvalue weighted by atomic mass is 9.83. The Hall–Kier alpha value is -2.38. The fraction of sp³-hybridized carbons (Fsp3) is 0.615. The van der Waals surface area contributed by atoms with Crippen molar-refractivity contribution >= 4 is 22.7 Å². The maximum absolute atomic E-state index is 13.3. The highest BCUT2D eigenvalue weighted by Gasteiger charge is 2.42. The summed E-state index contributed by atoms with van der Waals surface area (Å²) in [5, 5.41) is 3.70. The van der Waals surface area contributed by atoms with Crippen molar-refractivity contribution in [1.29, 1.82) is 0 Å². The second-order valence-corrected chi connectivity index (χ2v) is 9.73. The van der Waals surface area contributed by atoms with E-state index >= 15 is 0 Å². The molecule has 1 N–H and O–H groups in total. The molecule has 178 valence electrons. The second-order valence-electron chi connectivity index (χ2n) is 9.73. The van der Waals surface area contributed by atoms with Crippen molar-refractivity contribution in [3.63, 3.8) is 0 Å². The van der Waals surface area contributed by atoms with Crippen LogP contribution in [0.25, 0.3) is 11.0 Å². The van der Waals surface area contributed by atoms with E-state index in [0.717, 1.165) is 70.3 Å². The van der Waals surface area contributed by atoms with Gasteiger partial charge in [-0.15, -0.1) is 0 Å². The number of ether oxygens (including phenoxy) is 2. The smallest absolute Gasteiger partial charge is 0.287 e. The molecule has 0 bridgehead atoms. The topological polar surface area (TPSA) is 81.0 Å². The third-order valence-corrected chi connectivity index (χ3v) is 7.41. The Bertz CT molecular complexity index is 1030. The number of hydrogen-bond donors (Lipinski definition) is 1. The lowest BCUT2D eigenvalue weighted by molar-refractivity contribution is 0.0301. The third kappa shape index (κ3) is 4.53. The third-order valence-electron chi connectivity index (χ3n) is 7.41. The van der Waals surface area contributed by atoms with Gasteiger partial charge in [0, 0.05) is 30.6 Å². The summed E-state index contributed by atoms with van der Waals surface area (Å²) < 4.78 is 17.8. The average molecular weight is 455 g/mol. The number of morpholine rings is 1. The number of carbonyl (C=O) groups is 2. The van der Waals surface area contributed by atoms with E-state index in [1.165, 1.54) is 12.8 Å². The van der Waals surface area contributed by atoms with Crippen LogP contribution in [0.15, 0.2) is 16.5 Å². The lowest BCUT2D eigenvalue weighted by Gasteiger charge is -2.37. The molecular formula is C26H34N2O5. The highest BCUT2D eigenvalue weighted by Crippen LogP contribution is 2.44. The number of amides is 1. The highest BCUT2D eigenvalue weighted by molar-refractivity contribution is 6.13. The second kappa shape index (κ2) is 9.47. The SMILES string of the molecule is Cc1c(C(=O)NCCCN2CCOCC2)oc2ccc3c(c12)C(=O)CC1(CCCCCC1)O3. The predicted molar refractivity (Wildman–Crippen MR) is 125 cm³/mol. The first-order chi connectivity index (χ1) is 16.1. The largest absolute Gasteiger partial charge is 0.486 e. The normalized spacial score (nSPS) is 20.9. The van der Waals surface area contributed by atoms with Crippen molar-refractivity contribution in [1.82, 2.24) is 10.2 Å². The van der Waals surface area contributed by atoms with E-state index in [0.29, 0.717) is 35.4 Å².